The molecule has 1 aliphatic carbocycles. The molecule has 0 aromatic heterocycles. The van der Waals surface area contributed by atoms with E-state index in [1.807, 2.05) is 53.4 Å². The minimum Gasteiger partial charge on any atom is -0.357 e. The Bertz CT molecular complexity index is 1420. The van der Waals surface area contributed by atoms with E-state index in [-0.39, 0.29) is 23.0 Å². The Labute approximate surface area is 243 Å². The van der Waals surface area contributed by atoms with E-state index in [9.17, 15) is 9.59 Å². The maximum Gasteiger partial charge on any atom is 0.227 e. The monoisotopic (exact) mass is 554 g/mol. The molecule has 40 heavy (non-hydrogen) atoms. The lowest BCUT2D eigenvalue weighted by atomic mass is 9.75. The third-order valence-corrected chi connectivity index (χ3v) is 8.56. The van der Waals surface area contributed by atoms with Crippen molar-refractivity contribution in [3.05, 3.63) is 106 Å². The van der Waals surface area contributed by atoms with Crippen LogP contribution in [-0.4, -0.2) is 11.7 Å². The van der Waals surface area contributed by atoms with Crippen LogP contribution in [-0.2, 0) is 15.0 Å². The van der Waals surface area contributed by atoms with Crippen LogP contribution in [0.4, 0.5) is 11.4 Å². The molecule has 1 heterocycles. The number of para-hydroxylation sites is 2. The van der Waals surface area contributed by atoms with Crippen molar-refractivity contribution in [2.75, 3.05) is 10.2 Å². The van der Waals surface area contributed by atoms with Crippen molar-refractivity contribution in [1.29, 1.82) is 0 Å². The molecule has 208 valence electrons. The second-order valence-electron chi connectivity index (χ2n) is 12.1. The molecule has 3 aromatic carbocycles. The molecule has 4 nitrogen and oxygen atoms in total. The number of carbonyl (C=O) groups excluding carboxylic acids is 2. The molecule has 0 spiro atoms. The fourth-order valence-electron chi connectivity index (χ4n) is 6.02. The molecule has 1 N–H and O–H groups in total. The zero-order chi connectivity index (χ0) is 28.4. The van der Waals surface area contributed by atoms with Gasteiger partial charge < -0.3 is 10.2 Å². The first kappa shape index (κ1) is 28.2. The van der Waals surface area contributed by atoms with Gasteiger partial charge in [0.25, 0.3) is 0 Å². The lowest BCUT2D eigenvalue weighted by Crippen LogP contribution is -2.42. The molecule has 2 aliphatic rings. The van der Waals surface area contributed by atoms with Crippen molar-refractivity contribution < 1.29 is 9.59 Å². The highest BCUT2D eigenvalue weighted by atomic mass is 35.5. The summed E-state index contributed by atoms with van der Waals surface area (Å²) in [6.45, 7) is 8.74. The maximum atomic E-state index is 14.2. The van der Waals surface area contributed by atoms with Gasteiger partial charge in [-0.25, -0.2) is 0 Å². The van der Waals surface area contributed by atoms with Gasteiger partial charge in [0.1, 0.15) is 5.78 Å². The van der Waals surface area contributed by atoms with E-state index in [0.29, 0.717) is 17.9 Å². The van der Waals surface area contributed by atoms with Gasteiger partial charge in [0.15, 0.2) is 0 Å². The minimum absolute atomic E-state index is 0.0153. The Balaban J connectivity index is 1.64. The van der Waals surface area contributed by atoms with Crippen LogP contribution in [0.3, 0.4) is 0 Å². The number of unbranched alkanes of at least 4 members (excludes halogenated alkanes) is 2. The van der Waals surface area contributed by atoms with Gasteiger partial charge in [-0.15, -0.1) is 0 Å². The van der Waals surface area contributed by atoms with Crippen molar-refractivity contribution in [3.8, 4) is 0 Å². The standard InChI is InChI=1S/C35H39ClN2O2/c1-5-6-7-16-32(40)38-30-15-11-10-14-28(30)37-29-21-24(23-17-19-25(20-18-23)35(2,3)4)22-31(39)33(29)34(38)26-12-8-9-13-27(26)36/h8-15,17-21,24,33-34,37H,5-7,16,22H2,1-4H3/t24-,33-,34-/m0/s1. The van der Waals surface area contributed by atoms with Gasteiger partial charge in [0, 0.05) is 29.5 Å². The zero-order valence-electron chi connectivity index (χ0n) is 23.9. The molecular formula is C35H39ClN2O2. The van der Waals surface area contributed by atoms with Crippen LogP contribution >= 0.6 is 11.6 Å². The maximum absolute atomic E-state index is 14.2. The highest BCUT2D eigenvalue weighted by Gasteiger charge is 2.45. The lowest BCUT2D eigenvalue weighted by molar-refractivity contribution is -0.123. The molecule has 5 rings (SSSR count). The van der Waals surface area contributed by atoms with Gasteiger partial charge >= 0.3 is 0 Å². The summed E-state index contributed by atoms with van der Waals surface area (Å²) >= 11 is 6.80. The summed E-state index contributed by atoms with van der Waals surface area (Å²) in [6.07, 6.45) is 5.82. The number of allylic oxidation sites excluding steroid dienone is 1. The van der Waals surface area contributed by atoms with Crippen LogP contribution in [0.5, 0.6) is 0 Å². The summed E-state index contributed by atoms with van der Waals surface area (Å²) < 4.78 is 0. The number of halogens is 1. The summed E-state index contributed by atoms with van der Waals surface area (Å²) in [5.41, 5.74) is 5.68. The van der Waals surface area contributed by atoms with Crippen LogP contribution in [0.25, 0.3) is 0 Å². The van der Waals surface area contributed by atoms with Crippen molar-refractivity contribution in [3.63, 3.8) is 0 Å². The number of hydrogen-bond acceptors (Lipinski definition) is 3. The van der Waals surface area contributed by atoms with Crippen LogP contribution in [0, 0.1) is 5.92 Å². The number of nitrogens with zero attached hydrogens (tertiary/aromatic N) is 1. The molecule has 0 saturated heterocycles. The van der Waals surface area contributed by atoms with Crippen molar-refractivity contribution in [1.82, 2.24) is 0 Å². The van der Waals surface area contributed by atoms with Crippen LogP contribution in [0.2, 0.25) is 5.02 Å². The number of amides is 1. The first-order chi connectivity index (χ1) is 19.2. The number of carbonyl (C=O) groups is 2. The van der Waals surface area contributed by atoms with Crippen molar-refractivity contribution in [2.24, 2.45) is 5.92 Å². The number of fused-ring (bicyclic) bond motifs is 2. The molecule has 0 unspecified atom stereocenters. The third kappa shape index (κ3) is 5.60. The van der Waals surface area contributed by atoms with Crippen LogP contribution in [0.1, 0.15) is 88.4 Å². The zero-order valence-corrected chi connectivity index (χ0v) is 24.7. The Morgan fingerprint density at radius 3 is 2.38 bits per heavy atom. The number of anilines is 2. The first-order valence-corrected chi connectivity index (χ1v) is 14.8. The Morgan fingerprint density at radius 1 is 0.975 bits per heavy atom. The summed E-state index contributed by atoms with van der Waals surface area (Å²) in [5.74, 6) is -0.473. The average Bonchev–Trinajstić information content (AvgIpc) is 3.07. The third-order valence-electron chi connectivity index (χ3n) is 8.21. The van der Waals surface area contributed by atoms with E-state index < -0.39 is 12.0 Å². The molecule has 0 saturated carbocycles. The van der Waals surface area contributed by atoms with Gasteiger partial charge in [-0.1, -0.05) is 113 Å². The van der Waals surface area contributed by atoms with E-state index in [4.69, 9.17) is 11.6 Å². The highest BCUT2D eigenvalue weighted by molar-refractivity contribution is 6.31. The summed E-state index contributed by atoms with van der Waals surface area (Å²) in [4.78, 5) is 30.0. The van der Waals surface area contributed by atoms with E-state index >= 15 is 0 Å². The number of ketones is 1. The molecule has 3 aromatic rings. The smallest absolute Gasteiger partial charge is 0.227 e. The van der Waals surface area contributed by atoms with Gasteiger partial charge in [-0.3, -0.25) is 9.59 Å². The molecular weight excluding hydrogens is 516 g/mol. The Kier molecular flexibility index (Phi) is 8.19. The number of rotatable bonds is 6. The quantitative estimate of drug-likeness (QED) is 0.309. The predicted octanol–water partition coefficient (Wildman–Crippen LogP) is 8.97. The minimum atomic E-state index is -0.549. The normalized spacial score (nSPS) is 20.6. The Hall–Kier alpha value is -3.37. The average molecular weight is 555 g/mol. The topological polar surface area (TPSA) is 49.4 Å². The van der Waals surface area contributed by atoms with Gasteiger partial charge in [-0.05, 0) is 46.7 Å². The molecule has 0 fully saturated rings. The fraction of sp³-hybridized carbons (Fsp3) is 0.371. The number of nitrogens with one attached hydrogen (secondary N) is 1. The van der Waals surface area contributed by atoms with E-state index in [1.54, 1.807) is 0 Å². The van der Waals surface area contributed by atoms with Crippen LogP contribution in [0.15, 0.2) is 84.6 Å². The molecule has 0 radical (unpaired) electrons. The largest absolute Gasteiger partial charge is 0.357 e. The second kappa shape index (κ2) is 11.6. The fourth-order valence-corrected chi connectivity index (χ4v) is 6.27. The number of benzene rings is 3. The number of Topliss-reactive ketones (excluding diaryl/α,β-unsaturated/α-hetero) is 1. The summed E-state index contributed by atoms with van der Waals surface area (Å²) in [6, 6.07) is 23.6. The second-order valence-corrected chi connectivity index (χ2v) is 12.5. The SMILES string of the molecule is CCCCCC(=O)N1c2ccccc2NC2=C[C@H](c3ccc(C(C)(C)C)cc3)CC(=O)[C@H]2[C@@H]1c1ccccc1Cl. The van der Waals surface area contributed by atoms with Gasteiger partial charge in [-0.2, -0.15) is 0 Å². The first-order valence-electron chi connectivity index (χ1n) is 14.5. The molecule has 1 aliphatic heterocycles. The van der Waals surface area contributed by atoms with E-state index in [2.05, 4.69) is 63.4 Å². The predicted molar refractivity (Wildman–Crippen MR) is 165 cm³/mol. The van der Waals surface area contributed by atoms with Crippen LogP contribution < -0.4 is 10.2 Å². The highest BCUT2D eigenvalue weighted by Crippen LogP contribution is 2.49. The number of hydrogen-bond donors (Lipinski definition) is 1. The lowest BCUT2D eigenvalue weighted by Gasteiger charge is -2.38. The Morgan fingerprint density at radius 2 is 1.68 bits per heavy atom. The summed E-state index contributed by atoms with van der Waals surface area (Å²) in [7, 11) is 0. The van der Waals surface area contributed by atoms with Gasteiger partial charge in [0.05, 0.1) is 23.3 Å². The van der Waals surface area contributed by atoms with Gasteiger partial charge in [0.2, 0.25) is 5.91 Å². The molecule has 3 atom stereocenters. The van der Waals surface area contributed by atoms with Crippen molar-refractivity contribution >= 4 is 34.7 Å². The summed E-state index contributed by atoms with van der Waals surface area (Å²) in [5, 5.41) is 4.16. The molecule has 0 bridgehead atoms. The molecule has 1 amide bonds. The van der Waals surface area contributed by atoms with E-state index in [0.717, 1.165) is 47.5 Å². The van der Waals surface area contributed by atoms with E-state index in [1.165, 1.54) is 5.56 Å². The molecule has 5 heteroatoms. The van der Waals surface area contributed by atoms with Crippen molar-refractivity contribution in [2.45, 2.75) is 77.2 Å².